The van der Waals surface area contributed by atoms with Crippen molar-refractivity contribution in [1.82, 2.24) is 15.3 Å². The first-order valence-electron chi connectivity index (χ1n) is 8.15. The summed E-state index contributed by atoms with van der Waals surface area (Å²) in [4.78, 5) is 21.5. The fourth-order valence-electron chi connectivity index (χ4n) is 2.36. The lowest BCUT2D eigenvalue weighted by Crippen LogP contribution is -2.30. The summed E-state index contributed by atoms with van der Waals surface area (Å²) in [6.07, 6.45) is 2.98. The Morgan fingerprint density at radius 3 is 2.88 bits per heavy atom. The molecule has 0 atom stereocenters. The maximum Gasteiger partial charge on any atom is 0.321 e. The van der Waals surface area contributed by atoms with Gasteiger partial charge in [-0.3, -0.25) is 5.32 Å². The molecule has 0 aliphatic carbocycles. The molecule has 3 aromatic rings. The molecule has 0 bridgehead atoms. The summed E-state index contributed by atoms with van der Waals surface area (Å²) in [5.41, 5.74) is 2.49. The molecule has 0 radical (unpaired) electrons. The number of anilines is 1. The Bertz CT molecular complexity index is 906. The summed E-state index contributed by atoms with van der Waals surface area (Å²) in [7, 11) is 0. The number of aryl methyl sites for hydroxylation is 2. The fraction of sp³-hybridized carbons (Fsp3) is 0.278. The summed E-state index contributed by atoms with van der Waals surface area (Å²) in [6, 6.07) is 4.91. The van der Waals surface area contributed by atoms with E-state index in [0.717, 1.165) is 21.1 Å². The molecular weight excluding hydrogens is 371 g/mol. The number of benzene rings is 1. The summed E-state index contributed by atoms with van der Waals surface area (Å²) in [6.45, 7) is 4.21. The first kappa shape index (κ1) is 18.5. The second-order valence-electron chi connectivity index (χ2n) is 5.88. The van der Waals surface area contributed by atoms with Gasteiger partial charge in [-0.2, -0.15) is 0 Å². The lowest BCUT2D eigenvalue weighted by atomic mass is 10.1. The molecule has 0 unspecified atom stereocenters. The van der Waals surface area contributed by atoms with Crippen molar-refractivity contribution >= 4 is 33.8 Å². The zero-order chi connectivity index (χ0) is 18.5. The van der Waals surface area contributed by atoms with Gasteiger partial charge in [0.15, 0.2) is 5.13 Å². The van der Waals surface area contributed by atoms with Crippen LogP contribution < -0.4 is 10.6 Å². The molecule has 2 N–H and O–H groups in total. The molecule has 2 aromatic heterocycles. The van der Waals surface area contributed by atoms with E-state index in [1.54, 1.807) is 30.5 Å². The first-order chi connectivity index (χ1) is 12.5. The second-order valence-corrected chi connectivity index (χ2v) is 8.06. The highest BCUT2D eigenvalue weighted by molar-refractivity contribution is 7.15. The number of nitrogens with zero attached hydrogens (tertiary/aromatic N) is 2. The Labute approximate surface area is 159 Å². The fourth-order valence-corrected chi connectivity index (χ4v) is 3.85. The standard InChI is InChI=1S/C18H19FN4OS2/c1-11-3-4-13(8-16(11)19)7-15-9-21-18(26-15)23-17(24)20-6-5-14-10-25-12(2)22-14/h3-4,8-10H,5-7H2,1-2H3,(H2,20,21,23,24). The monoisotopic (exact) mass is 390 g/mol. The molecule has 26 heavy (non-hydrogen) atoms. The third-order valence-corrected chi connectivity index (χ3v) is 5.46. The van der Waals surface area contributed by atoms with Crippen molar-refractivity contribution in [3.8, 4) is 0 Å². The van der Waals surface area contributed by atoms with E-state index < -0.39 is 0 Å². The summed E-state index contributed by atoms with van der Waals surface area (Å²) < 4.78 is 13.6. The van der Waals surface area contributed by atoms with Crippen molar-refractivity contribution in [3.63, 3.8) is 0 Å². The minimum absolute atomic E-state index is 0.208. The minimum Gasteiger partial charge on any atom is -0.337 e. The van der Waals surface area contributed by atoms with Crippen LogP contribution in [0.2, 0.25) is 0 Å². The number of amides is 2. The predicted octanol–water partition coefficient (Wildman–Crippen LogP) is 4.31. The number of aromatic nitrogens is 2. The van der Waals surface area contributed by atoms with Gasteiger partial charge in [-0.05, 0) is 31.0 Å². The zero-order valence-corrected chi connectivity index (χ0v) is 16.1. The Morgan fingerprint density at radius 2 is 2.15 bits per heavy atom. The van der Waals surface area contributed by atoms with Crippen LogP contribution in [0.4, 0.5) is 14.3 Å². The second kappa shape index (κ2) is 8.37. The summed E-state index contributed by atoms with van der Waals surface area (Å²) in [5.74, 6) is -0.208. The van der Waals surface area contributed by atoms with Crippen molar-refractivity contribution < 1.29 is 9.18 Å². The number of halogens is 1. The van der Waals surface area contributed by atoms with Gasteiger partial charge in [0.1, 0.15) is 5.82 Å². The van der Waals surface area contributed by atoms with Gasteiger partial charge < -0.3 is 5.32 Å². The molecule has 0 saturated heterocycles. The van der Waals surface area contributed by atoms with Gasteiger partial charge in [-0.15, -0.1) is 22.7 Å². The molecule has 1 aromatic carbocycles. The van der Waals surface area contributed by atoms with E-state index in [2.05, 4.69) is 20.6 Å². The van der Waals surface area contributed by atoms with E-state index in [4.69, 9.17) is 0 Å². The number of urea groups is 1. The molecule has 0 spiro atoms. The van der Waals surface area contributed by atoms with Crippen LogP contribution in [0.1, 0.15) is 26.7 Å². The first-order valence-corrected chi connectivity index (χ1v) is 9.85. The molecule has 0 saturated carbocycles. The topological polar surface area (TPSA) is 66.9 Å². The van der Waals surface area contributed by atoms with E-state index in [9.17, 15) is 9.18 Å². The number of hydrogen-bond acceptors (Lipinski definition) is 5. The molecule has 2 heterocycles. The van der Waals surface area contributed by atoms with Crippen molar-refractivity contribution in [2.75, 3.05) is 11.9 Å². The molecular formula is C18H19FN4OS2. The van der Waals surface area contributed by atoms with Crippen LogP contribution in [-0.2, 0) is 12.8 Å². The van der Waals surface area contributed by atoms with Gasteiger partial charge in [0, 0.05) is 35.8 Å². The molecule has 5 nitrogen and oxygen atoms in total. The summed E-state index contributed by atoms with van der Waals surface area (Å²) >= 11 is 2.98. The van der Waals surface area contributed by atoms with Gasteiger partial charge in [0.05, 0.1) is 10.7 Å². The number of carbonyl (C=O) groups excluding carboxylic acids is 1. The van der Waals surface area contributed by atoms with Crippen LogP contribution in [0.25, 0.3) is 0 Å². The van der Waals surface area contributed by atoms with Gasteiger partial charge in [-0.1, -0.05) is 12.1 Å². The third-order valence-electron chi connectivity index (χ3n) is 3.72. The Morgan fingerprint density at radius 1 is 1.31 bits per heavy atom. The largest absolute Gasteiger partial charge is 0.337 e. The average Bonchev–Trinajstić information content (AvgIpc) is 3.20. The van der Waals surface area contributed by atoms with E-state index in [1.165, 1.54) is 17.4 Å². The smallest absolute Gasteiger partial charge is 0.321 e. The van der Waals surface area contributed by atoms with E-state index in [-0.39, 0.29) is 11.8 Å². The van der Waals surface area contributed by atoms with Gasteiger partial charge in [0.2, 0.25) is 0 Å². The van der Waals surface area contributed by atoms with Crippen LogP contribution in [0.3, 0.4) is 0 Å². The number of nitrogens with one attached hydrogen (secondary N) is 2. The molecule has 136 valence electrons. The van der Waals surface area contributed by atoms with Crippen molar-refractivity contribution in [2.24, 2.45) is 0 Å². The quantitative estimate of drug-likeness (QED) is 0.659. The average molecular weight is 391 g/mol. The Hall–Kier alpha value is -2.32. The molecule has 8 heteroatoms. The number of rotatable bonds is 6. The van der Waals surface area contributed by atoms with Gasteiger partial charge in [0.25, 0.3) is 0 Å². The predicted molar refractivity (Wildman–Crippen MR) is 104 cm³/mol. The number of thiazole rings is 2. The normalized spacial score (nSPS) is 10.7. The maximum atomic E-state index is 13.6. The van der Waals surface area contributed by atoms with E-state index in [1.807, 2.05) is 18.4 Å². The molecule has 3 rings (SSSR count). The highest BCUT2D eigenvalue weighted by Crippen LogP contribution is 2.22. The molecule has 0 aliphatic rings. The van der Waals surface area contributed by atoms with E-state index >= 15 is 0 Å². The van der Waals surface area contributed by atoms with Crippen LogP contribution in [0, 0.1) is 19.7 Å². The minimum atomic E-state index is -0.292. The Kier molecular flexibility index (Phi) is 5.95. The van der Waals surface area contributed by atoms with E-state index in [0.29, 0.717) is 30.1 Å². The van der Waals surface area contributed by atoms with Crippen LogP contribution in [0.5, 0.6) is 0 Å². The summed E-state index contributed by atoms with van der Waals surface area (Å²) in [5, 5.41) is 9.06. The number of hydrogen-bond donors (Lipinski definition) is 2. The highest BCUT2D eigenvalue weighted by atomic mass is 32.1. The van der Waals surface area contributed by atoms with Crippen LogP contribution >= 0.6 is 22.7 Å². The Balaban J connectivity index is 1.48. The molecule has 0 fully saturated rings. The van der Waals surface area contributed by atoms with Gasteiger partial charge in [-0.25, -0.2) is 19.2 Å². The lowest BCUT2D eigenvalue weighted by Gasteiger charge is -2.04. The highest BCUT2D eigenvalue weighted by Gasteiger charge is 2.08. The third kappa shape index (κ3) is 5.09. The zero-order valence-electron chi connectivity index (χ0n) is 14.5. The van der Waals surface area contributed by atoms with Crippen LogP contribution in [-0.4, -0.2) is 22.5 Å². The number of carbonyl (C=O) groups is 1. The maximum absolute atomic E-state index is 13.6. The SMILES string of the molecule is Cc1nc(CCNC(=O)Nc2ncc(Cc3ccc(C)c(F)c3)s2)cs1. The lowest BCUT2D eigenvalue weighted by molar-refractivity contribution is 0.252. The van der Waals surface area contributed by atoms with Crippen molar-refractivity contribution in [3.05, 3.63) is 62.3 Å². The van der Waals surface area contributed by atoms with Crippen molar-refractivity contribution in [2.45, 2.75) is 26.7 Å². The van der Waals surface area contributed by atoms with Crippen molar-refractivity contribution in [1.29, 1.82) is 0 Å². The molecule has 0 aliphatic heterocycles. The van der Waals surface area contributed by atoms with Gasteiger partial charge >= 0.3 is 6.03 Å². The van der Waals surface area contributed by atoms with Crippen LogP contribution in [0.15, 0.2) is 29.8 Å². The molecule has 2 amide bonds.